The second kappa shape index (κ2) is 6.96. The van der Waals surface area contributed by atoms with Crippen LogP contribution in [0.15, 0.2) is 61.1 Å². The Balaban J connectivity index is 1.87. The Labute approximate surface area is 143 Å². The number of pyridine rings is 1. The topological polar surface area (TPSA) is 97.1 Å². The van der Waals surface area contributed by atoms with Gasteiger partial charge in [-0.2, -0.15) is 5.10 Å². The number of hydrogen-bond acceptors (Lipinski definition) is 4. The van der Waals surface area contributed by atoms with Crippen molar-refractivity contribution in [3.8, 4) is 0 Å². The molecule has 0 saturated carbocycles. The van der Waals surface area contributed by atoms with Crippen LogP contribution >= 0.6 is 0 Å². The molecule has 25 heavy (non-hydrogen) atoms. The summed E-state index contributed by atoms with van der Waals surface area (Å²) in [6.45, 7) is 0. The predicted octanol–water partition coefficient (Wildman–Crippen LogP) is 2.03. The molecule has 0 aliphatic rings. The zero-order valence-corrected chi connectivity index (χ0v) is 13.5. The predicted molar refractivity (Wildman–Crippen MR) is 90.2 cm³/mol. The van der Waals surface area contributed by atoms with Crippen LogP contribution in [-0.4, -0.2) is 31.7 Å². The first-order valence-corrected chi connectivity index (χ1v) is 7.58. The number of amides is 1. The van der Waals surface area contributed by atoms with Crippen LogP contribution in [0, 0.1) is 0 Å². The molecule has 0 bridgehead atoms. The lowest BCUT2D eigenvalue weighted by Gasteiger charge is -2.18. The zero-order valence-electron chi connectivity index (χ0n) is 13.5. The van der Waals surface area contributed by atoms with Gasteiger partial charge in [0.15, 0.2) is 0 Å². The molecule has 1 atom stereocenters. The third-order valence-electron chi connectivity index (χ3n) is 3.71. The van der Waals surface area contributed by atoms with Crippen LogP contribution < -0.4 is 5.32 Å². The van der Waals surface area contributed by atoms with E-state index in [1.807, 2.05) is 43.6 Å². The third kappa shape index (κ3) is 3.72. The summed E-state index contributed by atoms with van der Waals surface area (Å²) in [6, 6.07) is 11.9. The van der Waals surface area contributed by atoms with Crippen molar-refractivity contribution in [1.29, 1.82) is 0 Å². The Morgan fingerprint density at radius 3 is 2.40 bits per heavy atom. The summed E-state index contributed by atoms with van der Waals surface area (Å²) in [5.74, 6) is -1.48. The van der Waals surface area contributed by atoms with E-state index in [1.165, 1.54) is 18.3 Å². The third-order valence-corrected chi connectivity index (χ3v) is 3.71. The number of aromatic carboxylic acids is 1. The number of carbonyl (C=O) groups excluding carboxylic acids is 1. The van der Waals surface area contributed by atoms with Crippen LogP contribution in [-0.2, 0) is 7.05 Å². The molecule has 126 valence electrons. The number of aromatic nitrogens is 3. The van der Waals surface area contributed by atoms with E-state index in [2.05, 4.69) is 15.4 Å². The van der Waals surface area contributed by atoms with Gasteiger partial charge in [0.2, 0.25) is 0 Å². The molecule has 0 radical (unpaired) electrons. The molecule has 1 aromatic carbocycles. The van der Waals surface area contributed by atoms with E-state index in [0.717, 1.165) is 11.1 Å². The highest BCUT2D eigenvalue weighted by Crippen LogP contribution is 2.22. The zero-order chi connectivity index (χ0) is 17.8. The van der Waals surface area contributed by atoms with Crippen LogP contribution in [0.3, 0.4) is 0 Å². The second-order valence-corrected chi connectivity index (χ2v) is 5.50. The molecule has 7 nitrogen and oxygen atoms in total. The number of carbonyl (C=O) groups is 2. The van der Waals surface area contributed by atoms with Gasteiger partial charge in [0, 0.05) is 25.0 Å². The van der Waals surface area contributed by atoms with Crippen molar-refractivity contribution in [2.45, 2.75) is 6.04 Å². The minimum absolute atomic E-state index is 0.108. The van der Waals surface area contributed by atoms with E-state index >= 15 is 0 Å². The molecule has 0 spiro atoms. The monoisotopic (exact) mass is 336 g/mol. The summed E-state index contributed by atoms with van der Waals surface area (Å²) in [6.07, 6.45) is 4.79. The average molecular weight is 336 g/mol. The molecule has 3 rings (SSSR count). The number of aryl methyl sites for hydroxylation is 1. The fourth-order valence-electron chi connectivity index (χ4n) is 2.46. The number of hydrogen-bond donors (Lipinski definition) is 2. The molecule has 0 fully saturated rings. The van der Waals surface area contributed by atoms with Crippen molar-refractivity contribution < 1.29 is 14.7 Å². The van der Waals surface area contributed by atoms with Crippen molar-refractivity contribution >= 4 is 11.9 Å². The fourth-order valence-corrected chi connectivity index (χ4v) is 2.46. The van der Waals surface area contributed by atoms with E-state index < -0.39 is 5.97 Å². The van der Waals surface area contributed by atoms with Crippen molar-refractivity contribution in [2.75, 3.05) is 0 Å². The van der Waals surface area contributed by atoms with Gasteiger partial charge in [0.25, 0.3) is 5.91 Å². The maximum Gasteiger partial charge on any atom is 0.354 e. The maximum absolute atomic E-state index is 12.6. The lowest BCUT2D eigenvalue weighted by Crippen LogP contribution is -2.29. The van der Waals surface area contributed by atoms with E-state index in [0.29, 0.717) is 0 Å². The standard InChI is InChI=1S/C18H16N4O3/c1-22-11-14(10-20-22)16(12-5-3-2-4-6-12)21-17(23)13-7-8-15(18(24)25)19-9-13/h2-11,16H,1H3,(H,21,23)(H,24,25). The van der Waals surface area contributed by atoms with E-state index in [-0.39, 0.29) is 23.2 Å². The summed E-state index contributed by atoms with van der Waals surface area (Å²) in [4.78, 5) is 27.2. The number of carboxylic acid groups (broad SMARTS) is 1. The highest BCUT2D eigenvalue weighted by atomic mass is 16.4. The average Bonchev–Trinajstić information content (AvgIpc) is 3.06. The Bertz CT molecular complexity index is 888. The largest absolute Gasteiger partial charge is 0.477 e. The van der Waals surface area contributed by atoms with Gasteiger partial charge in [0.1, 0.15) is 5.69 Å². The lowest BCUT2D eigenvalue weighted by atomic mass is 10.0. The van der Waals surface area contributed by atoms with Crippen molar-refractivity contribution in [2.24, 2.45) is 7.05 Å². The van der Waals surface area contributed by atoms with Gasteiger partial charge >= 0.3 is 5.97 Å². The van der Waals surface area contributed by atoms with Crippen molar-refractivity contribution in [1.82, 2.24) is 20.1 Å². The quantitative estimate of drug-likeness (QED) is 0.743. The number of rotatable bonds is 5. The Kier molecular flexibility index (Phi) is 4.56. The minimum atomic E-state index is -1.13. The minimum Gasteiger partial charge on any atom is -0.477 e. The van der Waals surface area contributed by atoms with Crippen LogP contribution in [0.4, 0.5) is 0 Å². The van der Waals surface area contributed by atoms with E-state index in [4.69, 9.17) is 5.11 Å². The molecule has 0 saturated heterocycles. The summed E-state index contributed by atoms with van der Waals surface area (Å²) in [5, 5.41) is 16.0. The molecular formula is C18H16N4O3. The van der Waals surface area contributed by atoms with Gasteiger partial charge in [-0.1, -0.05) is 30.3 Å². The van der Waals surface area contributed by atoms with E-state index in [9.17, 15) is 9.59 Å². The SMILES string of the molecule is Cn1cc(C(NC(=O)c2ccc(C(=O)O)nc2)c2ccccc2)cn1. The van der Waals surface area contributed by atoms with Crippen molar-refractivity contribution in [3.63, 3.8) is 0 Å². The molecular weight excluding hydrogens is 320 g/mol. The molecule has 1 amide bonds. The van der Waals surface area contributed by atoms with E-state index in [1.54, 1.807) is 10.9 Å². The lowest BCUT2D eigenvalue weighted by molar-refractivity contribution is 0.0689. The number of nitrogens with zero attached hydrogens (tertiary/aromatic N) is 3. The smallest absolute Gasteiger partial charge is 0.354 e. The highest BCUT2D eigenvalue weighted by molar-refractivity contribution is 5.95. The molecule has 1 unspecified atom stereocenters. The first kappa shape index (κ1) is 16.4. The molecule has 0 aliphatic heterocycles. The first-order valence-electron chi connectivity index (χ1n) is 7.58. The number of carboxylic acids is 1. The maximum atomic E-state index is 12.6. The summed E-state index contributed by atoms with van der Waals surface area (Å²) in [5.41, 5.74) is 1.94. The molecule has 2 aromatic heterocycles. The molecule has 7 heteroatoms. The van der Waals surface area contributed by atoms with Crippen LogP contribution in [0.25, 0.3) is 0 Å². The van der Waals surface area contributed by atoms with Gasteiger partial charge in [-0.3, -0.25) is 9.48 Å². The molecule has 2 heterocycles. The first-order chi connectivity index (χ1) is 12.0. The van der Waals surface area contributed by atoms with Gasteiger partial charge in [-0.15, -0.1) is 0 Å². The van der Waals surface area contributed by atoms with Gasteiger partial charge < -0.3 is 10.4 Å². The fraction of sp³-hybridized carbons (Fsp3) is 0.111. The van der Waals surface area contributed by atoms with Crippen molar-refractivity contribution in [3.05, 3.63) is 83.4 Å². The second-order valence-electron chi connectivity index (χ2n) is 5.50. The number of benzene rings is 1. The van der Waals surface area contributed by atoms with Gasteiger partial charge in [-0.05, 0) is 17.7 Å². The number of nitrogens with one attached hydrogen (secondary N) is 1. The molecule has 3 aromatic rings. The normalized spacial score (nSPS) is 11.7. The summed E-state index contributed by atoms with van der Waals surface area (Å²) < 4.78 is 1.67. The summed E-state index contributed by atoms with van der Waals surface area (Å²) in [7, 11) is 1.81. The van der Waals surface area contributed by atoms with Crippen LogP contribution in [0.2, 0.25) is 0 Å². The Hall–Kier alpha value is -3.48. The Morgan fingerprint density at radius 1 is 1.08 bits per heavy atom. The van der Waals surface area contributed by atoms with Gasteiger partial charge in [-0.25, -0.2) is 9.78 Å². The molecule has 0 aliphatic carbocycles. The Morgan fingerprint density at radius 2 is 1.84 bits per heavy atom. The van der Waals surface area contributed by atoms with Gasteiger partial charge in [0.05, 0.1) is 17.8 Å². The van der Waals surface area contributed by atoms with Crippen LogP contribution in [0.5, 0.6) is 0 Å². The van der Waals surface area contributed by atoms with Crippen LogP contribution in [0.1, 0.15) is 38.0 Å². The molecule has 2 N–H and O–H groups in total. The summed E-state index contributed by atoms with van der Waals surface area (Å²) >= 11 is 0. The highest BCUT2D eigenvalue weighted by Gasteiger charge is 2.19.